The van der Waals surface area contributed by atoms with Gasteiger partial charge in [-0.3, -0.25) is 14.7 Å². The lowest BCUT2D eigenvalue weighted by Gasteiger charge is -2.45. The zero-order valence-corrected chi connectivity index (χ0v) is 24.7. The van der Waals surface area contributed by atoms with Crippen LogP contribution in [0.5, 0.6) is 11.5 Å². The molecular formula is C30H37N5O4S. The number of amides is 3. The molecule has 0 bridgehead atoms. The number of carbonyl (C=O) groups excluding carboxylic acids is 2. The maximum atomic E-state index is 13.9. The van der Waals surface area contributed by atoms with Gasteiger partial charge in [-0.15, -0.1) is 11.3 Å². The van der Waals surface area contributed by atoms with Crippen molar-refractivity contribution in [2.75, 3.05) is 40.9 Å². The third-order valence-electron chi connectivity index (χ3n) is 9.02. The highest BCUT2D eigenvalue weighted by Gasteiger charge is 2.55. The average molecular weight is 564 g/mol. The van der Waals surface area contributed by atoms with Crippen molar-refractivity contribution in [1.82, 2.24) is 19.7 Å². The van der Waals surface area contributed by atoms with E-state index in [1.807, 2.05) is 57.3 Å². The Balaban J connectivity index is 1.25. The van der Waals surface area contributed by atoms with E-state index >= 15 is 0 Å². The highest BCUT2D eigenvalue weighted by atomic mass is 32.1. The number of allylic oxidation sites excluding steroid dienone is 1. The molecule has 2 saturated heterocycles. The second-order valence-electron chi connectivity index (χ2n) is 11.0. The zero-order valence-electron chi connectivity index (χ0n) is 23.8. The van der Waals surface area contributed by atoms with E-state index in [9.17, 15) is 9.59 Å². The molecule has 1 unspecified atom stereocenters. The number of ether oxygens (including phenoxy) is 2. The molecule has 212 valence electrons. The molecule has 1 aromatic heterocycles. The minimum Gasteiger partial charge on any atom is -0.497 e. The molecule has 5 heterocycles. The Morgan fingerprint density at radius 3 is 2.62 bits per heavy atom. The normalized spacial score (nSPS) is 23.6. The molecular weight excluding hydrogens is 526 g/mol. The van der Waals surface area contributed by atoms with E-state index in [1.165, 1.54) is 0 Å². The standard InChI is InChI=1S/C30H37N5O4S/c1-6-35-29(37)34-18-20-15-21(38-4)16-24(39-5)27(20)19(2)14-26(34)30(35)9-11-33(12-10-30)28(36)23-17-22(31-32(23)3)25-8-7-13-40-25/h7-8,13-16,19,23H,6,9-12,17-18H2,1-5H3/t19-,23?/m0/s1. The number of rotatable bonds is 5. The Bertz CT molecular complexity index is 1380. The molecule has 3 amide bonds. The van der Waals surface area contributed by atoms with E-state index in [0.29, 0.717) is 45.4 Å². The SMILES string of the molecule is CCN1C(=O)N2Cc3cc(OC)cc(OC)c3[C@@H](C)C=C2C12CCN(C(=O)C1CC(c3cccs3)=NN1C)CC2. The van der Waals surface area contributed by atoms with E-state index in [2.05, 4.69) is 24.2 Å². The number of nitrogens with zero attached hydrogens (tertiary/aromatic N) is 5. The number of likely N-dealkylation sites (N-methyl/N-ethyl adjacent to an activating group) is 2. The second kappa shape index (κ2) is 10.1. The summed E-state index contributed by atoms with van der Waals surface area (Å²) >= 11 is 1.65. The minimum absolute atomic E-state index is 0.0277. The van der Waals surface area contributed by atoms with E-state index in [-0.39, 0.29) is 23.9 Å². The van der Waals surface area contributed by atoms with Crippen molar-refractivity contribution in [2.45, 2.75) is 57.2 Å². The Morgan fingerprint density at radius 1 is 1.20 bits per heavy atom. The molecule has 2 atom stereocenters. The fourth-order valence-electron chi connectivity index (χ4n) is 7.03. The van der Waals surface area contributed by atoms with Crippen LogP contribution in [0.25, 0.3) is 0 Å². The van der Waals surface area contributed by atoms with Crippen LogP contribution in [0, 0.1) is 0 Å². The van der Waals surface area contributed by atoms with Gasteiger partial charge in [0.1, 0.15) is 17.5 Å². The third kappa shape index (κ3) is 4.06. The van der Waals surface area contributed by atoms with Crippen molar-refractivity contribution in [1.29, 1.82) is 0 Å². The van der Waals surface area contributed by atoms with E-state index in [0.717, 1.165) is 38.9 Å². The summed E-state index contributed by atoms with van der Waals surface area (Å²) in [6.07, 6.45) is 4.29. The van der Waals surface area contributed by atoms with Gasteiger partial charge in [-0.2, -0.15) is 5.10 Å². The number of hydrogen-bond donors (Lipinski definition) is 0. The highest BCUT2D eigenvalue weighted by Crippen LogP contribution is 2.49. The number of methoxy groups -OCH3 is 2. The number of hydrogen-bond acceptors (Lipinski definition) is 7. The van der Waals surface area contributed by atoms with Crippen LogP contribution in [-0.4, -0.2) is 89.8 Å². The largest absolute Gasteiger partial charge is 0.497 e. The summed E-state index contributed by atoms with van der Waals surface area (Å²) in [7, 11) is 5.21. The maximum Gasteiger partial charge on any atom is 0.325 e. The number of thiophene rings is 1. The number of carbonyl (C=O) groups is 2. The van der Waals surface area contributed by atoms with E-state index < -0.39 is 5.54 Å². The summed E-state index contributed by atoms with van der Waals surface area (Å²) in [5.41, 5.74) is 3.72. The molecule has 0 N–H and O–H groups in total. The van der Waals surface area contributed by atoms with Crippen LogP contribution in [0.1, 0.15) is 55.0 Å². The fraction of sp³-hybridized carbons (Fsp3) is 0.500. The smallest absolute Gasteiger partial charge is 0.325 e. The van der Waals surface area contributed by atoms with Gasteiger partial charge in [-0.1, -0.05) is 19.1 Å². The van der Waals surface area contributed by atoms with Gasteiger partial charge in [0, 0.05) is 56.3 Å². The van der Waals surface area contributed by atoms with Crippen molar-refractivity contribution < 1.29 is 19.1 Å². The number of urea groups is 1. The molecule has 6 rings (SSSR count). The van der Waals surface area contributed by atoms with Gasteiger partial charge in [-0.25, -0.2) is 4.79 Å². The molecule has 0 saturated carbocycles. The predicted molar refractivity (Wildman–Crippen MR) is 155 cm³/mol. The maximum absolute atomic E-state index is 13.9. The predicted octanol–water partition coefficient (Wildman–Crippen LogP) is 4.49. The molecule has 40 heavy (non-hydrogen) atoms. The van der Waals surface area contributed by atoms with Crippen molar-refractivity contribution in [3.05, 3.63) is 57.4 Å². The van der Waals surface area contributed by atoms with Crippen LogP contribution in [-0.2, 0) is 11.3 Å². The number of hydrazone groups is 1. The Kier molecular flexibility index (Phi) is 6.76. The quantitative estimate of drug-likeness (QED) is 0.536. The second-order valence-corrected chi connectivity index (χ2v) is 12.0. The lowest BCUT2D eigenvalue weighted by atomic mass is 9.81. The molecule has 9 nitrogen and oxygen atoms in total. The van der Waals surface area contributed by atoms with E-state index in [1.54, 1.807) is 25.6 Å². The molecule has 4 aliphatic rings. The van der Waals surface area contributed by atoms with Crippen molar-refractivity contribution >= 4 is 29.0 Å². The van der Waals surface area contributed by atoms with Crippen LogP contribution in [0.2, 0.25) is 0 Å². The van der Waals surface area contributed by atoms with Crippen LogP contribution >= 0.6 is 11.3 Å². The van der Waals surface area contributed by atoms with E-state index in [4.69, 9.17) is 9.47 Å². The average Bonchev–Trinajstić information content (AvgIpc) is 3.65. The van der Waals surface area contributed by atoms with Gasteiger partial charge in [0.2, 0.25) is 5.91 Å². The molecule has 4 aliphatic heterocycles. The van der Waals surface area contributed by atoms with Crippen molar-refractivity contribution in [3.63, 3.8) is 0 Å². The minimum atomic E-state index is -0.434. The summed E-state index contributed by atoms with van der Waals surface area (Å²) in [5, 5.41) is 8.53. The molecule has 2 fully saturated rings. The molecule has 1 spiro atoms. The first-order chi connectivity index (χ1) is 19.3. The van der Waals surface area contributed by atoms with Crippen LogP contribution in [0.4, 0.5) is 4.79 Å². The highest BCUT2D eigenvalue weighted by molar-refractivity contribution is 7.12. The number of piperidine rings is 1. The van der Waals surface area contributed by atoms with Crippen LogP contribution in [0.15, 0.2) is 46.5 Å². The first-order valence-corrected chi connectivity index (χ1v) is 14.9. The molecule has 2 aromatic rings. The van der Waals surface area contributed by atoms with Gasteiger partial charge in [0.15, 0.2) is 0 Å². The lowest BCUT2D eigenvalue weighted by molar-refractivity contribution is -0.137. The summed E-state index contributed by atoms with van der Waals surface area (Å²) < 4.78 is 11.3. The fourth-order valence-corrected chi connectivity index (χ4v) is 7.75. The van der Waals surface area contributed by atoms with Gasteiger partial charge in [-0.05, 0) is 42.8 Å². The first-order valence-electron chi connectivity index (χ1n) is 14.0. The van der Waals surface area contributed by atoms with Gasteiger partial charge < -0.3 is 19.3 Å². The topological polar surface area (TPSA) is 77.9 Å². The number of fused-ring (bicyclic) bond motifs is 3. The molecule has 0 aliphatic carbocycles. The van der Waals surface area contributed by atoms with Crippen molar-refractivity contribution in [2.24, 2.45) is 5.10 Å². The Hall–Kier alpha value is -3.53. The molecule has 10 heteroatoms. The van der Waals surface area contributed by atoms with Gasteiger partial charge in [0.05, 0.1) is 36.9 Å². The van der Waals surface area contributed by atoms with Crippen LogP contribution < -0.4 is 9.47 Å². The number of likely N-dealkylation sites (tertiary alicyclic amines) is 1. The third-order valence-corrected chi connectivity index (χ3v) is 9.94. The van der Waals surface area contributed by atoms with Crippen LogP contribution in [0.3, 0.4) is 0 Å². The Morgan fingerprint density at radius 2 is 1.98 bits per heavy atom. The van der Waals surface area contributed by atoms with Gasteiger partial charge >= 0.3 is 6.03 Å². The first kappa shape index (κ1) is 26.7. The zero-order chi connectivity index (χ0) is 28.2. The summed E-state index contributed by atoms with van der Waals surface area (Å²) in [4.78, 5) is 34.6. The Labute approximate surface area is 239 Å². The van der Waals surface area contributed by atoms with Crippen molar-refractivity contribution in [3.8, 4) is 11.5 Å². The van der Waals surface area contributed by atoms with Gasteiger partial charge in [0.25, 0.3) is 0 Å². The summed E-state index contributed by atoms with van der Waals surface area (Å²) in [6.45, 7) is 6.50. The lowest BCUT2D eigenvalue weighted by Crippen LogP contribution is -2.56. The monoisotopic (exact) mass is 563 g/mol. The summed E-state index contributed by atoms with van der Waals surface area (Å²) in [6, 6.07) is 7.75. The summed E-state index contributed by atoms with van der Waals surface area (Å²) in [5.74, 6) is 1.66. The molecule has 0 radical (unpaired) electrons. The number of benzene rings is 1. The molecule has 1 aromatic carbocycles.